The van der Waals surface area contributed by atoms with Crippen molar-refractivity contribution < 1.29 is 13.2 Å². The minimum absolute atomic E-state index is 0.100. The summed E-state index contributed by atoms with van der Waals surface area (Å²) in [4.78, 5) is 12.9. The lowest BCUT2D eigenvalue weighted by Crippen LogP contribution is -2.43. The van der Waals surface area contributed by atoms with Crippen molar-refractivity contribution >= 4 is 33.0 Å². The van der Waals surface area contributed by atoms with Crippen molar-refractivity contribution in [3.05, 3.63) is 47.3 Å². The Balaban J connectivity index is 1.73. The molecule has 27 heavy (non-hydrogen) atoms. The van der Waals surface area contributed by atoms with Crippen molar-refractivity contribution in [2.75, 3.05) is 18.4 Å². The third kappa shape index (κ3) is 4.42. The molecule has 7 heteroatoms. The first-order chi connectivity index (χ1) is 12.9. The molecular weight excluding hydrogens is 380 g/mol. The Labute approximate surface area is 165 Å². The molecule has 146 valence electrons. The Morgan fingerprint density at radius 2 is 2.07 bits per heavy atom. The Hall–Kier alpha value is -1.70. The quantitative estimate of drug-likeness (QED) is 0.778. The van der Waals surface area contributed by atoms with E-state index in [9.17, 15) is 13.2 Å². The fraction of sp³-hybridized carbons (Fsp3) is 0.450. The van der Waals surface area contributed by atoms with E-state index in [0.29, 0.717) is 29.5 Å². The fourth-order valence-electron chi connectivity index (χ4n) is 3.41. The van der Waals surface area contributed by atoms with Gasteiger partial charge in [0.25, 0.3) is 10.0 Å². The highest BCUT2D eigenvalue weighted by Gasteiger charge is 2.34. The molecule has 3 rings (SSSR count). The number of carbonyl (C=O) groups excluding carboxylic acids is 1. The summed E-state index contributed by atoms with van der Waals surface area (Å²) < 4.78 is 27.3. The first kappa shape index (κ1) is 20.0. The summed E-state index contributed by atoms with van der Waals surface area (Å²) in [6.07, 6.45) is 2.38. The summed E-state index contributed by atoms with van der Waals surface area (Å²) in [5.41, 5.74) is 1.95. The number of anilines is 1. The van der Waals surface area contributed by atoms with Crippen LogP contribution < -0.4 is 5.32 Å². The zero-order valence-corrected chi connectivity index (χ0v) is 17.4. The monoisotopic (exact) mass is 406 g/mol. The Bertz CT molecular complexity index is 878. The van der Waals surface area contributed by atoms with Crippen LogP contribution >= 0.6 is 11.3 Å². The van der Waals surface area contributed by atoms with Crippen LogP contribution in [-0.2, 0) is 14.8 Å². The minimum Gasteiger partial charge on any atom is -0.326 e. The zero-order chi connectivity index (χ0) is 19.4. The maximum absolute atomic E-state index is 12.9. The number of nitrogens with one attached hydrogen (secondary N) is 1. The lowest BCUT2D eigenvalue weighted by Gasteiger charge is -2.31. The number of sulfonamides is 1. The lowest BCUT2D eigenvalue weighted by molar-refractivity contribution is -0.120. The van der Waals surface area contributed by atoms with Crippen molar-refractivity contribution in [2.45, 2.75) is 43.2 Å². The summed E-state index contributed by atoms with van der Waals surface area (Å²) in [7, 11) is -3.51. The van der Waals surface area contributed by atoms with Crippen LogP contribution in [0.2, 0.25) is 0 Å². The van der Waals surface area contributed by atoms with Gasteiger partial charge >= 0.3 is 0 Å². The van der Waals surface area contributed by atoms with Crippen LogP contribution in [0.4, 0.5) is 5.69 Å². The first-order valence-corrected chi connectivity index (χ1v) is 11.7. The van der Waals surface area contributed by atoms with Crippen molar-refractivity contribution in [1.29, 1.82) is 0 Å². The Kier molecular flexibility index (Phi) is 6.34. The Morgan fingerprint density at radius 3 is 2.78 bits per heavy atom. The smallest absolute Gasteiger partial charge is 0.252 e. The lowest BCUT2D eigenvalue weighted by atomic mass is 9.95. The van der Waals surface area contributed by atoms with Crippen LogP contribution in [0.15, 0.2) is 46.0 Å². The number of nitrogens with zero attached hydrogens (tertiary/aromatic N) is 1. The molecule has 5 nitrogen and oxygen atoms in total. The predicted molar refractivity (Wildman–Crippen MR) is 110 cm³/mol. The van der Waals surface area contributed by atoms with E-state index in [4.69, 9.17) is 0 Å². The molecule has 0 saturated carbocycles. The standard InChI is InChI=1S/C20H26N2O3S2/c1-3-15(2)17-9-4-5-10-18(17)21-20(23)16-8-6-12-22(14-16)27(24,25)19-11-7-13-26-19/h4-5,7,9-11,13,15-16H,3,6,8,12,14H2,1-2H3,(H,21,23)/t15-,16+/m1/s1. The summed E-state index contributed by atoms with van der Waals surface area (Å²) >= 11 is 1.21. The van der Waals surface area contributed by atoms with E-state index >= 15 is 0 Å². The molecule has 1 saturated heterocycles. The van der Waals surface area contributed by atoms with Crippen LogP contribution in [0, 0.1) is 5.92 Å². The molecule has 0 bridgehead atoms. The van der Waals surface area contributed by atoms with Gasteiger partial charge in [0.1, 0.15) is 4.21 Å². The second kappa shape index (κ2) is 8.54. The molecule has 1 aromatic carbocycles. The Morgan fingerprint density at radius 1 is 1.30 bits per heavy atom. The van der Waals surface area contributed by atoms with Gasteiger partial charge in [0.05, 0.1) is 5.92 Å². The number of amides is 1. The van der Waals surface area contributed by atoms with E-state index < -0.39 is 10.0 Å². The van der Waals surface area contributed by atoms with E-state index in [-0.39, 0.29) is 18.4 Å². The summed E-state index contributed by atoms with van der Waals surface area (Å²) in [6.45, 7) is 4.96. The third-order valence-electron chi connectivity index (χ3n) is 5.21. The summed E-state index contributed by atoms with van der Waals surface area (Å²) in [5, 5.41) is 4.80. The number of benzene rings is 1. The number of para-hydroxylation sites is 1. The molecule has 2 aromatic rings. The molecule has 1 fully saturated rings. The molecule has 1 amide bonds. The van der Waals surface area contributed by atoms with Crippen molar-refractivity contribution in [1.82, 2.24) is 4.31 Å². The van der Waals surface area contributed by atoms with Crippen molar-refractivity contribution in [3.8, 4) is 0 Å². The van der Waals surface area contributed by atoms with Crippen LogP contribution in [0.1, 0.15) is 44.6 Å². The van der Waals surface area contributed by atoms with Crippen molar-refractivity contribution in [3.63, 3.8) is 0 Å². The molecule has 0 unspecified atom stereocenters. The minimum atomic E-state index is -3.51. The molecular formula is C20H26N2O3S2. The average Bonchev–Trinajstić information content (AvgIpc) is 3.23. The van der Waals surface area contributed by atoms with E-state index in [1.807, 2.05) is 24.3 Å². The number of hydrogen-bond donors (Lipinski definition) is 1. The van der Waals surface area contributed by atoms with Gasteiger partial charge < -0.3 is 5.32 Å². The average molecular weight is 407 g/mol. The highest BCUT2D eigenvalue weighted by atomic mass is 32.2. The van der Waals surface area contributed by atoms with Gasteiger partial charge in [-0.1, -0.05) is 38.1 Å². The van der Waals surface area contributed by atoms with Crippen LogP contribution in [-0.4, -0.2) is 31.7 Å². The maximum Gasteiger partial charge on any atom is 0.252 e. The van der Waals surface area contributed by atoms with Gasteiger partial charge in [-0.3, -0.25) is 4.79 Å². The third-order valence-corrected chi connectivity index (χ3v) is 8.44. The topological polar surface area (TPSA) is 66.5 Å². The molecule has 1 aromatic heterocycles. The van der Waals surface area contributed by atoms with Gasteiger partial charge in [-0.15, -0.1) is 11.3 Å². The molecule has 0 spiro atoms. The summed E-state index contributed by atoms with van der Waals surface area (Å²) in [5.74, 6) is -0.0844. The highest BCUT2D eigenvalue weighted by Crippen LogP contribution is 2.29. The van der Waals surface area contributed by atoms with E-state index in [1.165, 1.54) is 15.6 Å². The van der Waals surface area contributed by atoms with E-state index in [1.54, 1.807) is 17.5 Å². The van der Waals surface area contributed by atoms with Gasteiger partial charge in [-0.2, -0.15) is 4.31 Å². The number of hydrogen-bond acceptors (Lipinski definition) is 4. The van der Waals surface area contributed by atoms with Crippen LogP contribution in [0.3, 0.4) is 0 Å². The molecule has 2 atom stereocenters. The van der Waals surface area contributed by atoms with Gasteiger partial charge in [0.15, 0.2) is 0 Å². The van der Waals surface area contributed by atoms with Gasteiger partial charge in [0.2, 0.25) is 5.91 Å². The van der Waals surface area contributed by atoms with Crippen LogP contribution in [0.25, 0.3) is 0 Å². The molecule has 1 aliphatic heterocycles. The second-order valence-corrected chi connectivity index (χ2v) is 10.1. The van der Waals surface area contributed by atoms with E-state index in [0.717, 1.165) is 17.7 Å². The van der Waals surface area contributed by atoms with Gasteiger partial charge in [0, 0.05) is 18.8 Å². The molecule has 0 aliphatic carbocycles. The second-order valence-electron chi connectivity index (χ2n) is 7.02. The zero-order valence-electron chi connectivity index (χ0n) is 15.7. The molecule has 2 heterocycles. The number of carbonyl (C=O) groups is 1. The van der Waals surface area contributed by atoms with Crippen LogP contribution in [0.5, 0.6) is 0 Å². The molecule has 0 radical (unpaired) electrons. The summed E-state index contributed by atoms with van der Waals surface area (Å²) in [6, 6.07) is 11.2. The van der Waals surface area contributed by atoms with E-state index in [2.05, 4.69) is 19.2 Å². The SMILES string of the molecule is CC[C@@H](C)c1ccccc1NC(=O)[C@H]1CCCN(S(=O)(=O)c2cccs2)C1. The largest absolute Gasteiger partial charge is 0.326 e. The number of rotatable bonds is 6. The molecule has 1 aliphatic rings. The molecule has 1 N–H and O–H groups in total. The van der Waals surface area contributed by atoms with Gasteiger partial charge in [-0.25, -0.2) is 8.42 Å². The number of piperidine rings is 1. The highest BCUT2D eigenvalue weighted by molar-refractivity contribution is 7.91. The van der Waals surface area contributed by atoms with Gasteiger partial charge in [-0.05, 0) is 48.3 Å². The number of thiophene rings is 1. The maximum atomic E-state index is 12.9. The predicted octanol–water partition coefficient (Wildman–Crippen LogP) is 4.30. The normalized spacial score (nSPS) is 19.6. The first-order valence-electron chi connectivity index (χ1n) is 9.37. The van der Waals surface area contributed by atoms with Crippen molar-refractivity contribution in [2.24, 2.45) is 5.92 Å². The fourth-order valence-corrected chi connectivity index (χ4v) is 6.08.